The van der Waals surface area contributed by atoms with Crippen LogP contribution < -0.4 is 5.73 Å². The second kappa shape index (κ2) is 3.59. The molecule has 0 bridgehead atoms. The van der Waals surface area contributed by atoms with Crippen LogP contribution in [0.2, 0.25) is 0 Å². The number of rotatable bonds is 2. The molecular formula is C10H12N4. The highest BCUT2D eigenvalue weighted by Crippen LogP contribution is 2.16. The summed E-state index contributed by atoms with van der Waals surface area (Å²) in [4.78, 5) is 0. The van der Waals surface area contributed by atoms with Gasteiger partial charge in [0.05, 0.1) is 18.1 Å². The Morgan fingerprint density at radius 2 is 2.29 bits per heavy atom. The number of benzene rings is 1. The molecule has 0 aliphatic heterocycles. The van der Waals surface area contributed by atoms with Crippen LogP contribution >= 0.6 is 0 Å². The van der Waals surface area contributed by atoms with E-state index in [4.69, 9.17) is 5.73 Å². The molecule has 2 N–H and O–H groups in total. The maximum Gasteiger partial charge on any atom is 0.0710 e. The third-order valence-corrected chi connectivity index (χ3v) is 2.26. The lowest BCUT2D eigenvalue weighted by Crippen LogP contribution is -2.07. The Bertz CT molecular complexity index is 420. The molecule has 0 fully saturated rings. The van der Waals surface area contributed by atoms with Gasteiger partial charge in [-0.1, -0.05) is 17.3 Å². The minimum Gasteiger partial charge on any atom is -0.326 e. The van der Waals surface area contributed by atoms with Crippen molar-refractivity contribution in [2.75, 3.05) is 0 Å². The highest BCUT2D eigenvalue weighted by Gasteiger charge is 2.05. The molecule has 1 heterocycles. The van der Waals surface area contributed by atoms with Crippen LogP contribution in [-0.2, 0) is 6.54 Å². The van der Waals surface area contributed by atoms with Crippen molar-refractivity contribution in [3.8, 4) is 5.69 Å². The lowest BCUT2D eigenvalue weighted by molar-refractivity contribution is 0.790. The normalized spacial score (nSPS) is 10.4. The second-order valence-electron chi connectivity index (χ2n) is 3.12. The van der Waals surface area contributed by atoms with Gasteiger partial charge in [-0.2, -0.15) is 0 Å². The Morgan fingerprint density at radius 3 is 2.93 bits per heavy atom. The fourth-order valence-electron chi connectivity index (χ4n) is 1.50. The summed E-state index contributed by atoms with van der Waals surface area (Å²) in [7, 11) is 0. The van der Waals surface area contributed by atoms with E-state index >= 15 is 0 Å². The first-order chi connectivity index (χ1) is 6.83. The Morgan fingerprint density at radius 1 is 1.43 bits per heavy atom. The summed E-state index contributed by atoms with van der Waals surface area (Å²) in [5.74, 6) is 0. The van der Waals surface area contributed by atoms with Crippen LogP contribution in [0.3, 0.4) is 0 Å². The molecule has 0 radical (unpaired) electrons. The molecule has 0 saturated heterocycles. The molecule has 0 aliphatic rings. The maximum absolute atomic E-state index is 5.70. The highest BCUT2D eigenvalue weighted by atomic mass is 15.4. The van der Waals surface area contributed by atoms with Crippen molar-refractivity contribution in [2.45, 2.75) is 13.5 Å². The molecule has 0 saturated carbocycles. The molecular weight excluding hydrogens is 176 g/mol. The van der Waals surface area contributed by atoms with Gasteiger partial charge in [-0.15, -0.1) is 5.10 Å². The SMILES string of the molecule is Cc1cccc(-n2ccnn2)c1CN. The lowest BCUT2D eigenvalue weighted by Gasteiger charge is -2.09. The van der Waals surface area contributed by atoms with Crippen molar-refractivity contribution in [3.05, 3.63) is 41.7 Å². The monoisotopic (exact) mass is 188 g/mol. The van der Waals surface area contributed by atoms with Gasteiger partial charge in [-0.25, -0.2) is 4.68 Å². The molecule has 2 aromatic rings. The molecule has 0 spiro atoms. The number of aromatic nitrogens is 3. The van der Waals surface area contributed by atoms with Crippen molar-refractivity contribution in [1.29, 1.82) is 0 Å². The number of nitrogens with zero attached hydrogens (tertiary/aromatic N) is 3. The molecule has 4 nitrogen and oxygen atoms in total. The smallest absolute Gasteiger partial charge is 0.0710 e. The third kappa shape index (κ3) is 1.40. The van der Waals surface area contributed by atoms with Crippen molar-refractivity contribution in [1.82, 2.24) is 15.0 Å². The topological polar surface area (TPSA) is 56.7 Å². The summed E-state index contributed by atoms with van der Waals surface area (Å²) < 4.78 is 1.73. The quantitative estimate of drug-likeness (QED) is 0.766. The van der Waals surface area contributed by atoms with Gasteiger partial charge in [-0.3, -0.25) is 0 Å². The Kier molecular flexibility index (Phi) is 2.28. The van der Waals surface area contributed by atoms with Gasteiger partial charge in [0, 0.05) is 6.54 Å². The first-order valence-electron chi connectivity index (χ1n) is 4.48. The van der Waals surface area contributed by atoms with E-state index in [1.807, 2.05) is 31.3 Å². The molecule has 0 aliphatic carbocycles. The summed E-state index contributed by atoms with van der Waals surface area (Å²) in [6.07, 6.45) is 3.47. The Labute approximate surface area is 82.4 Å². The number of aryl methyl sites for hydroxylation is 1. The first-order valence-corrected chi connectivity index (χ1v) is 4.48. The van der Waals surface area contributed by atoms with Gasteiger partial charge in [0.1, 0.15) is 0 Å². The first kappa shape index (κ1) is 8.90. The molecule has 14 heavy (non-hydrogen) atoms. The van der Waals surface area contributed by atoms with E-state index in [-0.39, 0.29) is 0 Å². The van der Waals surface area contributed by atoms with E-state index in [0.29, 0.717) is 6.54 Å². The predicted molar refractivity (Wildman–Crippen MR) is 54.0 cm³/mol. The third-order valence-electron chi connectivity index (χ3n) is 2.26. The standard InChI is InChI=1S/C10H12N4/c1-8-3-2-4-10(9(8)7-11)14-6-5-12-13-14/h2-6H,7,11H2,1H3. The van der Waals surface area contributed by atoms with E-state index in [1.165, 1.54) is 5.56 Å². The number of nitrogens with two attached hydrogens (primary N) is 1. The van der Waals surface area contributed by atoms with Crippen LogP contribution in [0.25, 0.3) is 5.69 Å². The summed E-state index contributed by atoms with van der Waals surface area (Å²) in [5, 5.41) is 7.72. The van der Waals surface area contributed by atoms with Crippen LogP contribution in [-0.4, -0.2) is 15.0 Å². The van der Waals surface area contributed by atoms with Gasteiger partial charge in [-0.05, 0) is 24.1 Å². The average Bonchev–Trinajstić information content (AvgIpc) is 2.70. The van der Waals surface area contributed by atoms with Crippen LogP contribution in [0, 0.1) is 6.92 Å². The zero-order valence-corrected chi connectivity index (χ0v) is 8.01. The predicted octanol–water partition coefficient (Wildman–Crippen LogP) is 1.03. The largest absolute Gasteiger partial charge is 0.326 e. The molecule has 4 heteroatoms. The number of hydrogen-bond acceptors (Lipinski definition) is 3. The summed E-state index contributed by atoms with van der Waals surface area (Å²) in [6.45, 7) is 2.56. The minimum atomic E-state index is 0.516. The second-order valence-corrected chi connectivity index (χ2v) is 3.12. The van der Waals surface area contributed by atoms with Gasteiger partial charge >= 0.3 is 0 Å². The van der Waals surface area contributed by atoms with Crippen LogP contribution in [0.1, 0.15) is 11.1 Å². The van der Waals surface area contributed by atoms with E-state index in [9.17, 15) is 0 Å². The van der Waals surface area contributed by atoms with Gasteiger partial charge in [0.25, 0.3) is 0 Å². The van der Waals surface area contributed by atoms with Crippen molar-refractivity contribution in [3.63, 3.8) is 0 Å². The summed E-state index contributed by atoms with van der Waals surface area (Å²) in [6, 6.07) is 6.03. The van der Waals surface area contributed by atoms with Crippen molar-refractivity contribution >= 4 is 0 Å². The summed E-state index contributed by atoms with van der Waals surface area (Å²) >= 11 is 0. The number of hydrogen-bond donors (Lipinski definition) is 1. The minimum absolute atomic E-state index is 0.516. The highest BCUT2D eigenvalue weighted by molar-refractivity contribution is 5.44. The zero-order chi connectivity index (χ0) is 9.97. The molecule has 0 amide bonds. The van der Waals surface area contributed by atoms with Crippen LogP contribution in [0.15, 0.2) is 30.6 Å². The van der Waals surface area contributed by atoms with Gasteiger partial charge in [0.2, 0.25) is 0 Å². The average molecular weight is 188 g/mol. The van der Waals surface area contributed by atoms with Gasteiger partial charge in [0.15, 0.2) is 0 Å². The molecule has 0 unspecified atom stereocenters. The van der Waals surface area contributed by atoms with E-state index in [1.54, 1.807) is 10.9 Å². The molecule has 0 atom stereocenters. The van der Waals surface area contributed by atoms with E-state index in [2.05, 4.69) is 10.3 Å². The van der Waals surface area contributed by atoms with Crippen molar-refractivity contribution in [2.24, 2.45) is 5.73 Å². The van der Waals surface area contributed by atoms with Crippen LogP contribution in [0.5, 0.6) is 0 Å². The fraction of sp³-hybridized carbons (Fsp3) is 0.200. The molecule has 2 rings (SSSR count). The zero-order valence-electron chi connectivity index (χ0n) is 8.01. The van der Waals surface area contributed by atoms with Crippen LogP contribution in [0.4, 0.5) is 0 Å². The van der Waals surface area contributed by atoms with E-state index < -0.39 is 0 Å². The molecule has 1 aromatic carbocycles. The van der Waals surface area contributed by atoms with Gasteiger partial charge < -0.3 is 5.73 Å². The summed E-state index contributed by atoms with van der Waals surface area (Å²) in [5.41, 5.74) is 8.99. The molecule has 1 aromatic heterocycles. The maximum atomic E-state index is 5.70. The fourth-order valence-corrected chi connectivity index (χ4v) is 1.50. The Hall–Kier alpha value is -1.68. The lowest BCUT2D eigenvalue weighted by atomic mass is 10.1. The Balaban J connectivity index is 2.58. The van der Waals surface area contributed by atoms with E-state index in [0.717, 1.165) is 11.3 Å². The van der Waals surface area contributed by atoms with Crippen molar-refractivity contribution < 1.29 is 0 Å². The molecule has 72 valence electrons.